The lowest BCUT2D eigenvalue weighted by Crippen LogP contribution is -2.41. The molecule has 0 amide bonds. The van der Waals surface area contributed by atoms with Gasteiger partial charge in [-0.25, -0.2) is 0 Å². The van der Waals surface area contributed by atoms with E-state index in [4.69, 9.17) is 9.31 Å². The SMILES string of the molecule is CC(=O)SCC(=Cc1ccc(CC(C)C)cc1)B1OC(C)(C)C(C)(C)O1. The Morgan fingerprint density at radius 2 is 1.65 bits per heavy atom. The average molecular weight is 374 g/mol. The summed E-state index contributed by atoms with van der Waals surface area (Å²) in [7, 11) is -0.429. The molecule has 1 aromatic rings. The minimum Gasteiger partial charge on any atom is -0.400 e. The van der Waals surface area contributed by atoms with Crippen molar-refractivity contribution in [2.75, 3.05) is 5.75 Å². The molecule has 0 N–H and O–H groups in total. The number of rotatable bonds is 6. The van der Waals surface area contributed by atoms with Gasteiger partial charge in [0.25, 0.3) is 0 Å². The highest BCUT2D eigenvalue weighted by Gasteiger charge is 2.52. The maximum atomic E-state index is 11.5. The molecule has 1 aromatic carbocycles. The summed E-state index contributed by atoms with van der Waals surface area (Å²) in [6.45, 7) is 14.2. The topological polar surface area (TPSA) is 35.5 Å². The molecule has 0 radical (unpaired) electrons. The van der Waals surface area contributed by atoms with Crippen molar-refractivity contribution in [2.45, 2.75) is 66.1 Å². The monoisotopic (exact) mass is 374 g/mol. The van der Waals surface area contributed by atoms with Crippen LogP contribution in [0.2, 0.25) is 0 Å². The van der Waals surface area contributed by atoms with Crippen LogP contribution in [-0.2, 0) is 20.5 Å². The van der Waals surface area contributed by atoms with Gasteiger partial charge in [0, 0.05) is 12.7 Å². The van der Waals surface area contributed by atoms with E-state index in [1.54, 1.807) is 6.92 Å². The van der Waals surface area contributed by atoms with E-state index in [1.807, 2.05) is 27.7 Å². The second-order valence-corrected chi connectivity index (χ2v) is 9.58. The van der Waals surface area contributed by atoms with Crippen molar-refractivity contribution in [1.29, 1.82) is 0 Å². The Hall–Kier alpha value is -1.04. The molecule has 5 heteroatoms. The van der Waals surface area contributed by atoms with Gasteiger partial charge in [-0.1, -0.05) is 56.0 Å². The highest BCUT2D eigenvalue weighted by Crippen LogP contribution is 2.39. The summed E-state index contributed by atoms with van der Waals surface area (Å²) in [5, 5.41) is 0.0969. The lowest BCUT2D eigenvalue weighted by Gasteiger charge is -2.32. The normalized spacial score (nSPS) is 19.2. The van der Waals surface area contributed by atoms with E-state index in [9.17, 15) is 4.79 Å². The van der Waals surface area contributed by atoms with Crippen molar-refractivity contribution < 1.29 is 14.1 Å². The number of carbonyl (C=O) groups is 1. The Balaban J connectivity index is 2.24. The molecule has 142 valence electrons. The Morgan fingerprint density at radius 3 is 2.12 bits per heavy atom. The minimum absolute atomic E-state index is 0.0969. The van der Waals surface area contributed by atoms with E-state index >= 15 is 0 Å². The number of hydrogen-bond donors (Lipinski definition) is 0. The van der Waals surface area contributed by atoms with Gasteiger partial charge in [-0.2, -0.15) is 0 Å². The van der Waals surface area contributed by atoms with Crippen molar-refractivity contribution in [3.63, 3.8) is 0 Å². The predicted octanol–water partition coefficient (Wildman–Crippen LogP) is 5.18. The van der Waals surface area contributed by atoms with Crippen LogP contribution in [-0.4, -0.2) is 29.2 Å². The van der Waals surface area contributed by atoms with E-state index < -0.39 is 18.3 Å². The van der Waals surface area contributed by atoms with E-state index in [2.05, 4.69) is 44.2 Å². The molecule has 0 aliphatic carbocycles. The van der Waals surface area contributed by atoms with Crippen LogP contribution in [0.3, 0.4) is 0 Å². The zero-order valence-corrected chi connectivity index (χ0v) is 17.9. The first-order valence-corrected chi connectivity index (χ1v) is 10.3. The predicted molar refractivity (Wildman–Crippen MR) is 112 cm³/mol. The average Bonchev–Trinajstić information content (AvgIpc) is 2.72. The van der Waals surface area contributed by atoms with E-state index in [0.717, 1.165) is 17.5 Å². The first-order chi connectivity index (χ1) is 12.0. The van der Waals surface area contributed by atoms with Crippen molar-refractivity contribution in [2.24, 2.45) is 5.92 Å². The van der Waals surface area contributed by atoms with Crippen molar-refractivity contribution in [3.8, 4) is 0 Å². The summed E-state index contributed by atoms with van der Waals surface area (Å²) in [5.74, 6) is 1.21. The van der Waals surface area contributed by atoms with Gasteiger partial charge in [-0.15, -0.1) is 0 Å². The molecule has 0 atom stereocenters. The highest BCUT2D eigenvalue weighted by atomic mass is 32.2. The lowest BCUT2D eigenvalue weighted by atomic mass is 9.78. The Bertz CT molecular complexity index is 646. The highest BCUT2D eigenvalue weighted by molar-refractivity contribution is 8.13. The van der Waals surface area contributed by atoms with E-state index in [-0.39, 0.29) is 5.12 Å². The van der Waals surface area contributed by atoms with Gasteiger partial charge >= 0.3 is 7.12 Å². The summed E-state index contributed by atoms with van der Waals surface area (Å²) >= 11 is 1.29. The summed E-state index contributed by atoms with van der Waals surface area (Å²) in [4.78, 5) is 11.5. The van der Waals surface area contributed by atoms with Gasteiger partial charge in [0.15, 0.2) is 5.12 Å². The molecular weight excluding hydrogens is 343 g/mol. The number of hydrogen-bond acceptors (Lipinski definition) is 4. The van der Waals surface area contributed by atoms with Gasteiger partial charge in [0.05, 0.1) is 11.2 Å². The van der Waals surface area contributed by atoms with Crippen molar-refractivity contribution in [3.05, 3.63) is 40.9 Å². The fourth-order valence-corrected chi connectivity index (χ4v) is 3.38. The van der Waals surface area contributed by atoms with Gasteiger partial charge in [-0.3, -0.25) is 4.79 Å². The van der Waals surface area contributed by atoms with Crippen LogP contribution < -0.4 is 0 Å². The Kier molecular flexibility index (Phi) is 6.81. The molecule has 26 heavy (non-hydrogen) atoms. The molecule has 0 saturated carbocycles. The molecular formula is C21H31BO3S. The van der Waals surface area contributed by atoms with E-state index in [1.165, 1.54) is 17.3 Å². The molecule has 2 rings (SSSR count). The summed E-state index contributed by atoms with van der Waals surface area (Å²) < 4.78 is 12.4. The maximum absolute atomic E-state index is 11.5. The molecule has 1 fully saturated rings. The van der Waals surface area contributed by atoms with Crippen molar-refractivity contribution >= 4 is 30.1 Å². The van der Waals surface area contributed by atoms with E-state index in [0.29, 0.717) is 11.7 Å². The second-order valence-electron chi connectivity index (χ2n) is 8.43. The standard InChI is InChI=1S/C21H31BO3S/c1-15(2)12-17-8-10-18(11-9-17)13-19(14-26-16(3)23)22-24-20(4,5)21(6,7)25-22/h8-11,13,15H,12,14H2,1-7H3. The quantitative estimate of drug-likeness (QED) is 0.643. The van der Waals surface area contributed by atoms with Crippen LogP contribution in [0.5, 0.6) is 0 Å². The molecule has 1 saturated heterocycles. The van der Waals surface area contributed by atoms with Crippen molar-refractivity contribution in [1.82, 2.24) is 0 Å². The smallest absolute Gasteiger partial charge is 0.400 e. The van der Waals surface area contributed by atoms with Crippen LogP contribution in [0.1, 0.15) is 59.6 Å². The van der Waals surface area contributed by atoms with Crippen LogP contribution in [0.4, 0.5) is 0 Å². The van der Waals surface area contributed by atoms with Gasteiger partial charge in [0.1, 0.15) is 0 Å². The number of benzene rings is 1. The van der Waals surface area contributed by atoms with Crippen LogP contribution in [0.15, 0.2) is 29.7 Å². The molecule has 0 spiro atoms. The maximum Gasteiger partial charge on any atom is 0.491 e. The molecule has 0 bridgehead atoms. The van der Waals surface area contributed by atoms with Gasteiger partial charge in [0.2, 0.25) is 0 Å². The minimum atomic E-state index is -0.429. The fraction of sp³-hybridized carbons (Fsp3) is 0.571. The third kappa shape index (κ3) is 5.48. The first-order valence-electron chi connectivity index (χ1n) is 9.28. The molecule has 3 nitrogen and oxygen atoms in total. The van der Waals surface area contributed by atoms with Crippen LogP contribution in [0.25, 0.3) is 6.08 Å². The lowest BCUT2D eigenvalue weighted by molar-refractivity contribution is -0.109. The zero-order chi connectivity index (χ0) is 19.5. The second kappa shape index (κ2) is 8.32. The summed E-state index contributed by atoms with van der Waals surface area (Å²) in [6, 6.07) is 8.60. The van der Waals surface area contributed by atoms with Crippen LogP contribution >= 0.6 is 11.8 Å². The van der Waals surface area contributed by atoms with Gasteiger partial charge < -0.3 is 9.31 Å². The largest absolute Gasteiger partial charge is 0.491 e. The number of carbonyl (C=O) groups excluding carboxylic acids is 1. The molecule has 1 aliphatic rings. The number of thioether (sulfide) groups is 1. The molecule has 1 heterocycles. The first kappa shape index (κ1) is 21.3. The van der Waals surface area contributed by atoms with Crippen LogP contribution in [0, 0.1) is 5.92 Å². The summed E-state index contributed by atoms with van der Waals surface area (Å²) in [5.41, 5.74) is 2.65. The Labute approximate surface area is 163 Å². The fourth-order valence-electron chi connectivity index (χ4n) is 2.79. The zero-order valence-electron chi connectivity index (χ0n) is 17.1. The molecule has 0 unspecified atom stereocenters. The molecule has 0 aromatic heterocycles. The Morgan fingerprint density at radius 1 is 1.12 bits per heavy atom. The van der Waals surface area contributed by atoms with Gasteiger partial charge in [-0.05, 0) is 56.6 Å². The third-order valence-electron chi connectivity index (χ3n) is 4.97. The third-order valence-corrected chi connectivity index (χ3v) is 5.86. The summed E-state index contributed by atoms with van der Waals surface area (Å²) in [6.07, 6.45) is 3.17. The molecule has 1 aliphatic heterocycles.